The molecule has 2 N–H and O–H groups in total. The third-order valence-electron chi connectivity index (χ3n) is 1.95. The van der Waals surface area contributed by atoms with Crippen LogP contribution in [0.1, 0.15) is 6.92 Å². The predicted molar refractivity (Wildman–Crippen MR) is 56.2 cm³/mol. The molecular weight excluding hydrogens is 196 g/mol. The molecular formula is C11H16O4. The van der Waals surface area contributed by atoms with Gasteiger partial charge in [0.15, 0.2) is 0 Å². The Morgan fingerprint density at radius 3 is 2.20 bits per heavy atom. The van der Waals surface area contributed by atoms with Gasteiger partial charge in [-0.2, -0.15) is 0 Å². The van der Waals surface area contributed by atoms with Gasteiger partial charge in [-0.1, -0.05) is 0 Å². The molecule has 0 aliphatic heterocycles. The highest BCUT2D eigenvalue weighted by Crippen LogP contribution is 2.18. The van der Waals surface area contributed by atoms with Crippen LogP contribution in [-0.2, 0) is 0 Å². The lowest BCUT2D eigenvalue weighted by Crippen LogP contribution is -2.36. The van der Waals surface area contributed by atoms with Crippen molar-refractivity contribution in [3.05, 3.63) is 24.3 Å². The number of rotatable bonds is 5. The van der Waals surface area contributed by atoms with Crippen molar-refractivity contribution < 1.29 is 19.7 Å². The average Bonchev–Trinajstić information content (AvgIpc) is 2.27. The number of benzene rings is 1. The molecule has 0 heterocycles. The van der Waals surface area contributed by atoms with E-state index >= 15 is 0 Å². The van der Waals surface area contributed by atoms with Gasteiger partial charge in [0.05, 0.1) is 13.7 Å². The summed E-state index contributed by atoms with van der Waals surface area (Å²) in [6.07, 6.45) is 0. The van der Waals surface area contributed by atoms with E-state index in [9.17, 15) is 5.11 Å². The molecule has 0 bridgehead atoms. The summed E-state index contributed by atoms with van der Waals surface area (Å²) >= 11 is 0. The first kappa shape index (κ1) is 11.8. The number of ether oxygens (including phenoxy) is 2. The molecule has 0 aliphatic rings. The molecule has 84 valence electrons. The summed E-state index contributed by atoms with van der Waals surface area (Å²) in [5.41, 5.74) is -1.21. The highest BCUT2D eigenvalue weighted by molar-refractivity contribution is 5.31. The van der Waals surface area contributed by atoms with Gasteiger partial charge >= 0.3 is 0 Å². The number of methoxy groups -OCH3 is 1. The maximum Gasteiger partial charge on any atom is 0.119 e. The summed E-state index contributed by atoms with van der Waals surface area (Å²) in [7, 11) is 1.59. The van der Waals surface area contributed by atoms with Crippen LogP contribution in [-0.4, -0.2) is 36.1 Å². The SMILES string of the molecule is COc1ccc(OC[C@@](C)(O)CO)cc1. The Kier molecular flexibility index (Phi) is 3.94. The summed E-state index contributed by atoms with van der Waals surface area (Å²) in [6, 6.07) is 7.02. The lowest BCUT2D eigenvalue weighted by molar-refractivity contribution is -0.0325. The largest absolute Gasteiger partial charge is 0.497 e. The Labute approximate surface area is 89.1 Å². The fourth-order valence-electron chi connectivity index (χ4n) is 0.956. The minimum absolute atomic E-state index is 0.0514. The molecule has 4 heteroatoms. The maximum absolute atomic E-state index is 9.49. The molecule has 0 radical (unpaired) electrons. The molecule has 0 spiro atoms. The van der Waals surface area contributed by atoms with Gasteiger partial charge in [0.25, 0.3) is 0 Å². The van der Waals surface area contributed by atoms with Crippen LogP contribution in [0.5, 0.6) is 11.5 Å². The summed E-state index contributed by atoms with van der Waals surface area (Å²) in [5.74, 6) is 1.38. The third kappa shape index (κ3) is 3.77. The Bertz CT molecular complexity index is 292. The van der Waals surface area contributed by atoms with Crippen molar-refractivity contribution in [1.29, 1.82) is 0 Å². The van der Waals surface area contributed by atoms with E-state index in [2.05, 4.69) is 0 Å². The molecule has 1 rings (SSSR count). The van der Waals surface area contributed by atoms with Crippen LogP contribution in [0.2, 0.25) is 0 Å². The molecule has 0 amide bonds. The molecule has 15 heavy (non-hydrogen) atoms. The molecule has 0 saturated heterocycles. The lowest BCUT2D eigenvalue weighted by Gasteiger charge is -2.20. The Morgan fingerprint density at radius 1 is 1.20 bits per heavy atom. The molecule has 1 atom stereocenters. The van der Waals surface area contributed by atoms with E-state index < -0.39 is 5.60 Å². The summed E-state index contributed by atoms with van der Waals surface area (Å²) in [4.78, 5) is 0. The van der Waals surface area contributed by atoms with Gasteiger partial charge in [0.1, 0.15) is 23.7 Å². The van der Waals surface area contributed by atoms with E-state index in [4.69, 9.17) is 14.6 Å². The van der Waals surface area contributed by atoms with Crippen molar-refractivity contribution in [2.75, 3.05) is 20.3 Å². The van der Waals surface area contributed by atoms with E-state index in [-0.39, 0.29) is 13.2 Å². The lowest BCUT2D eigenvalue weighted by atomic mass is 10.1. The van der Waals surface area contributed by atoms with Gasteiger partial charge in [-0.15, -0.1) is 0 Å². The minimum atomic E-state index is -1.21. The van der Waals surface area contributed by atoms with E-state index in [1.54, 1.807) is 31.4 Å². The second-order valence-electron chi connectivity index (χ2n) is 3.62. The van der Waals surface area contributed by atoms with Gasteiger partial charge < -0.3 is 19.7 Å². The molecule has 0 fully saturated rings. The molecule has 0 saturated carbocycles. The van der Waals surface area contributed by atoms with E-state index in [0.29, 0.717) is 5.75 Å². The summed E-state index contributed by atoms with van der Waals surface area (Å²) in [6.45, 7) is 1.23. The van der Waals surface area contributed by atoms with E-state index in [1.165, 1.54) is 6.92 Å². The highest BCUT2D eigenvalue weighted by Gasteiger charge is 2.19. The van der Waals surface area contributed by atoms with Gasteiger partial charge in [-0.05, 0) is 31.2 Å². The predicted octanol–water partition coefficient (Wildman–Crippen LogP) is 0.817. The zero-order valence-electron chi connectivity index (χ0n) is 8.93. The van der Waals surface area contributed by atoms with Crippen LogP contribution >= 0.6 is 0 Å². The number of hydrogen-bond donors (Lipinski definition) is 2. The van der Waals surface area contributed by atoms with Crippen LogP contribution in [0.25, 0.3) is 0 Å². The van der Waals surface area contributed by atoms with Gasteiger partial charge in [-0.25, -0.2) is 0 Å². The molecule has 0 aliphatic carbocycles. The maximum atomic E-state index is 9.49. The minimum Gasteiger partial charge on any atom is -0.497 e. The van der Waals surface area contributed by atoms with Crippen molar-refractivity contribution in [3.8, 4) is 11.5 Å². The normalized spacial score (nSPS) is 14.4. The van der Waals surface area contributed by atoms with Gasteiger partial charge in [-0.3, -0.25) is 0 Å². The van der Waals surface area contributed by atoms with Crippen LogP contribution in [0.3, 0.4) is 0 Å². The fraction of sp³-hybridized carbons (Fsp3) is 0.455. The van der Waals surface area contributed by atoms with Crippen molar-refractivity contribution >= 4 is 0 Å². The molecule has 1 aromatic carbocycles. The highest BCUT2D eigenvalue weighted by atomic mass is 16.5. The zero-order valence-corrected chi connectivity index (χ0v) is 8.93. The van der Waals surface area contributed by atoms with E-state index in [1.807, 2.05) is 0 Å². The number of aliphatic hydroxyl groups is 2. The monoisotopic (exact) mass is 212 g/mol. The van der Waals surface area contributed by atoms with Crippen LogP contribution in [0.15, 0.2) is 24.3 Å². The number of aliphatic hydroxyl groups excluding tert-OH is 1. The first-order chi connectivity index (χ1) is 7.07. The van der Waals surface area contributed by atoms with Crippen molar-refractivity contribution in [2.45, 2.75) is 12.5 Å². The molecule has 0 aromatic heterocycles. The van der Waals surface area contributed by atoms with Crippen molar-refractivity contribution in [1.82, 2.24) is 0 Å². The van der Waals surface area contributed by atoms with Gasteiger partial charge in [0, 0.05) is 0 Å². The topological polar surface area (TPSA) is 58.9 Å². The Morgan fingerprint density at radius 2 is 1.73 bits per heavy atom. The first-order valence-electron chi connectivity index (χ1n) is 4.67. The molecule has 1 aromatic rings. The van der Waals surface area contributed by atoms with Gasteiger partial charge in [0.2, 0.25) is 0 Å². The standard InChI is InChI=1S/C11H16O4/c1-11(13,7-12)8-15-10-5-3-9(14-2)4-6-10/h3-6,12-13H,7-8H2,1-2H3/t11-/m0/s1. The van der Waals surface area contributed by atoms with Crippen LogP contribution < -0.4 is 9.47 Å². The van der Waals surface area contributed by atoms with E-state index in [0.717, 1.165) is 5.75 Å². The first-order valence-corrected chi connectivity index (χ1v) is 4.67. The average molecular weight is 212 g/mol. The smallest absolute Gasteiger partial charge is 0.119 e. The summed E-state index contributed by atoms with van der Waals surface area (Å²) < 4.78 is 10.3. The third-order valence-corrected chi connectivity index (χ3v) is 1.95. The number of hydrogen-bond acceptors (Lipinski definition) is 4. The summed E-state index contributed by atoms with van der Waals surface area (Å²) in [5, 5.41) is 18.3. The second kappa shape index (κ2) is 5.00. The fourth-order valence-corrected chi connectivity index (χ4v) is 0.956. The Balaban J connectivity index is 2.51. The Hall–Kier alpha value is -1.26. The van der Waals surface area contributed by atoms with Crippen LogP contribution in [0, 0.1) is 0 Å². The molecule has 4 nitrogen and oxygen atoms in total. The second-order valence-corrected chi connectivity index (χ2v) is 3.62. The molecule has 0 unspecified atom stereocenters. The van der Waals surface area contributed by atoms with Crippen molar-refractivity contribution in [3.63, 3.8) is 0 Å². The zero-order chi connectivity index (χ0) is 11.3. The van der Waals surface area contributed by atoms with Crippen molar-refractivity contribution in [2.24, 2.45) is 0 Å². The quantitative estimate of drug-likeness (QED) is 0.758. The van der Waals surface area contributed by atoms with Crippen LogP contribution in [0.4, 0.5) is 0 Å².